The molecule has 0 aromatic carbocycles. The van der Waals surface area contributed by atoms with Crippen LogP contribution >= 0.6 is 0 Å². The van der Waals surface area contributed by atoms with E-state index in [4.69, 9.17) is 0 Å². The summed E-state index contributed by atoms with van der Waals surface area (Å²) in [5.74, 6) is 0.329. The fraction of sp³-hybridized carbons (Fsp3) is 1.00. The van der Waals surface area contributed by atoms with E-state index in [0.717, 1.165) is 6.42 Å². The summed E-state index contributed by atoms with van der Waals surface area (Å²) in [6.07, 6.45) is 1.57. The van der Waals surface area contributed by atoms with Crippen molar-refractivity contribution in [3.63, 3.8) is 0 Å². The highest BCUT2D eigenvalue weighted by atomic mass is 19.1. The summed E-state index contributed by atoms with van der Waals surface area (Å²) in [7, 11) is 0. The average Bonchev–Trinajstić information content (AvgIpc) is 2.01. The largest absolute Gasteiger partial charge is 0.243 e. The number of hydrogen-bond acceptors (Lipinski definition) is 0. The van der Waals surface area contributed by atoms with E-state index >= 15 is 0 Å². The molecule has 2 atom stereocenters. The third-order valence-corrected chi connectivity index (χ3v) is 2.93. The predicted molar refractivity (Wildman–Crippen MR) is 48.4 cm³/mol. The van der Waals surface area contributed by atoms with Gasteiger partial charge in [0.15, 0.2) is 0 Å². The smallest absolute Gasteiger partial charge is 0.115 e. The Balaban J connectivity index is 4.32. The average molecular weight is 160 g/mol. The second kappa shape index (κ2) is 4.08. The zero-order chi connectivity index (χ0) is 9.07. The van der Waals surface area contributed by atoms with Crippen LogP contribution in [0.1, 0.15) is 47.5 Å². The molecular formula is C10H21F. The van der Waals surface area contributed by atoms with E-state index in [0.29, 0.717) is 6.42 Å². The van der Waals surface area contributed by atoms with Gasteiger partial charge >= 0.3 is 0 Å². The van der Waals surface area contributed by atoms with Crippen molar-refractivity contribution in [3.8, 4) is 0 Å². The SMILES string of the molecule is CCC(C)C(F)(CC)C(C)C. The molecule has 0 aliphatic heterocycles. The molecule has 0 radical (unpaired) electrons. The number of alkyl halides is 1. The van der Waals surface area contributed by atoms with Crippen molar-refractivity contribution in [2.75, 3.05) is 0 Å². The van der Waals surface area contributed by atoms with Crippen molar-refractivity contribution in [1.82, 2.24) is 0 Å². The molecule has 0 saturated heterocycles. The molecular weight excluding hydrogens is 139 g/mol. The molecule has 2 unspecified atom stereocenters. The Hall–Kier alpha value is -0.0700. The highest BCUT2D eigenvalue weighted by molar-refractivity contribution is 4.85. The lowest BCUT2D eigenvalue weighted by molar-refractivity contribution is 0.0321. The molecule has 0 aliphatic rings. The molecule has 0 aliphatic carbocycles. The molecule has 0 rings (SSSR count). The van der Waals surface area contributed by atoms with Gasteiger partial charge in [0.05, 0.1) is 0 Å². The van der Waals surface area contributed by atoms with Crippen molar-refractivity contribution in [2.45, 2.75) is 53.1 Å². The molecule has 68 valence electrons. The monoisotopic (exact) mass is 160 g/mol. The van der Waals surface area contributed by atoms with Crippen LogP contribution in [0.5, 0.6) is 0 Å². The molecule has 1 heteroatoms. The molecule has 11 heavy (non-hydrogen) atoms. The molecule has 0 N–H and O–H groups in total. The molecule has 0 bridgehead atoms. The lowest BCUT2D eigenvalue weighted by Gasteiger charge is -2.33. The van der Waals surface area contributed by atoms with Gasteiger partial charge in [-0.25, -0.2) is 4.39 Å². The standard InChI is InChI=1S/C10H21F/c1-6-9(5)10(11,7-2)8(3)4/h8-9H,6-7H2,1-5H3. The third-order valence-electron chi connectivity index (χ3n) is 2.93. The first-order valence-electron chi connectivity index (χ1n) is 4.67. The van der Waals surface area contributed by atoms with Crippen molar-refractivity contribution in [1.29, 1.82) is 0 Å². The van der Waals surface area contributed by atoms with Gasteiger partial charge < -0.3 is 0 Å². The van der Waals surface area contributed by atoms with E-state index in [1.807, 2.05) is 27.7 Å². The quantitative estimate of drug-likeness (QED) is 0.586. The first-order valence-corrected chi connectivity index (χ1v) is 4.67. The van der Waals surface area contributed by atoms with Crippen molar-refractivity contribution < 1.29 is 4.39 Å². The van der Waals surface area contributed by atoms with E-state index in [-0.39, 0.29) is 11.8 Å². The van der Waals surface area contributed by atoms with Crippen LogP contribution in [-0.4, -0.2) is 5.67 Å². The lowest BCUT2D eigenvalue weighted by atomic mass is 9.78. The van der Waals surface area contributed by atoms with Gasteiger partial charge in [-0.1, -0.05) is 41.0 Å². The molecule has 0 amide bonds. The van der Waals surface area contributed by atoms with E-state index in [9.17, 15) is 4.39 Å². The van der Waals surface area contributed by atoms with Crippen LogP contribution < -0.4 is 0 Å². The fourth-order valence-electron chi connectivity index (χ4n) is 1.67. The zero-order valence-electron chi connectivity index (χ0n) is 8.45. The summed E-state index contributed by atoms with van der Waals surface area (Å²) in [6, 6.07) is 0. The highest BCUT2D eigenvalue weighted by Crippen LogP contribution is 2.35. The van der Waals surface area contributed by atoms with Crippen molar-refractivity contribution >= 4 is 0 Å². The molecule has 0 nitrogen and oxygen atoms in total. The van der Waals surface area contributed by atoms with Gasteiger partial charge in [-0.05, 0) is 18.3 Å². The molecule has 0 spiro atoms. The van der Waals surface area contributed by atoms with Crippen LogP contribution in [0.2, 0.25) is 0 Å². The van der Waals surface area contributed by atoms with Crippen molar-refractivity contribution in [2.24, 2.45) is 11.8 Å². The maximum Gasteiger partial charge on any atom is 0.115 e. The van der Waals surface area contributed by atoms with E-state index in [1.54, 1.807) is 0 Å². The first-order chi connectivity index (χ1) is 4.99. The Morgan fingerprint density at radius 1 is 1.18 bits per heavy atom. The van der Waals surface area contributed by atoms with Gasteiger partial charge in [0.2, 0.25) is 0 Å². The third kappa shape index (κ3) is 2.18. The molecule has 0 fully saturated rings. The Labute approximate surface area is 70.2 Å². The first kappa shape index (κ1) is 10.9. The summed E-state index contributed by atoms with van der Waals surface area (Å²) < 4.78 is 14.0. The van der Waals surface area contributed by atoms with Crippen LogP contribution in [0, 0.1) is 11.8 Å². The van der Waals surface area contributed by atoms with Gasteiger partial charge in [0.25, 0.3) is 0 Å². The maximum atomic E-state index is 14.0. The Morgan fingerprint density at radius 2 is 1.64 bits per heavy atom. The summed E-state index contributed by atoms with van der Waals surface area (Å²) in [6.45, 7) is 9.93. The molecule has 0 saturated carbocycles. The molecule has 0 aromatic rings. The van der Waals surface area contributed by atoms with Gasteiger partial charge in [-0.15, -0.1) is 0 Å². The summed E-state index contributed by atoms with van der Waals surface area (Å²) in [5, 5.41) is 0. The lowest BCUT2D eigenvalue weighted by Crippen LogP contribution is -2.36. The van der Waals surface area contributed by atoms with Gasteiger partial charge in [0.1, 0.15) is 5.67 Å². The van der Waals surface area contributed by atoms with Gasteiger partial charge in [-0.3, -0.25) is 0 Å². The minimum atomic E-state index is -0.950. The Morgan fingerprint density at radius 3 is 1.73 bits per heavy atom. The molecule has 0 heterocycles. The van der Waals surface area contributed by atoms with E-state index in [1.165, 1.54) is 0 Å². The summed E-state index contributed by atoms with van der Waals surface area (Å²) in [4.78, 5) is 0. The van der Waals surface area contributed by atoms with Crippen LogP contribution in [0.4, 0.5) is 4.39 Å². The second-order valence-corrected chi connectivity index (χ2v) is 3.74. The number of rotatable bonds is 4. The van der Waals surface area contributed by atoms with Gasteiger partial charge in [0, 0.05) is 0 Å². The highest BCUT2D eigenvalue weighted by Gasteiger charge is 2.36. The Kier molecular flexibility index (Phi) is 4.05. The zero-order valence-corrected chi connectivity index (χ0v) is 8.45. The van der Waals surface area contributed by atoms with Crippen LogP contribution in [-0.2, 0) is 0 Å². The number of hydrogen-bond donors (Lipinski definition) is 0. The predicted octanol–water partition coefficient (Wildman–Crippen LogP) is 3.81. The summed E-state index contributed by atoms with van der Waals surface area (Å²) >= 11 is 0. The number of halogens is 1. The topological polar surface area (TPSA) is 0 Å². The van der Waals surface area contributed by atoms with Crippen LogP contribution in [0.15, 0.2) is 0 Å². The van der Waals surface area contributed by atoms with Crippen LogP contribution in [0.25, 0.3) is 0 Å². The normalized spacial score (nSPS) is 19.9. The van der Waals surface area contributed by atoms with E-state index in [2.05, 4.69) is 6.92 Å². The maximum absolute atomic E-state index is 14.0. The van der Waals surface area contributed by atoms with E-state index < -0.39 is 5.67 Å². The van der Waals surface area contributed by atoms with Crippen molar-refractivity contribution in [3.05, 3.63) is 0 Å². The summed E-state index contributed by atoms with van der Waals surface area (Å²) in [5.41, 5.74) is -0.950. The second-order valence-electron chi connectivity index (χ2n) is 3.74. The minimum Gasteiger partial charge on any atom is -0.243 e. The van der Waals surface area contributed by atoms with Gasteiger partial charge in [-0.2, -0.15) is 0 Å². The Bertz CT molecular complexity index is 109. The minimum absolute atomic E-state index is 0.141. The fourth-order valence-corrected chi connectivity index (χ4v) is 1.67. The van der Waals surface area contributed by atoms with Crippen LogP contribution in [0.3, 0.4) is 0 Å². The molecule has 0 aromatic heterocycles.